The monoisotopic (exact) mass is 497 g/mol. The summed E-state index contributed by atoms with van der Waals surface area (Å²) in [5.74, 6) is 0.321. The fourth-order valence-corrected chi connectivity index (χ4v) is 6.95. The van der Waals surface area contributed by atoms with Gasteiger partial charge < -0.3 is 4.42 Å². The molecule has 3 aliphatic heterocycles. The van der Waals surface area contributed by atoms with E-state index >= 15 is 0 Å². The molecule has 0 bridgehead atoms. The van der Waals surface area contributed by atoms with Gasteiger partial charge in [-0.15, -0.1) is 0 Å². The average Bonchev–Trinajstić information content (AvgIpc) is 3.43. The van der Waals surface area contributed by atoms with Crippen molar-refractivity contribution in [2.24, 2.45) is 4.99 Å². The third kappa shape index (κ3) is 3.34. The molecule has 4 heterocycles. The maximum Gasteiger partial charge on any atom is 0.213 e. The number of fused-ring (bicyclic) bond motifs is 8. The van der Waals surface area contributed by atoms with E-state index in [0.717, 1.165) is 41.8 Å². The standard InChI is InChI=1S/C35H33N2O/c1-6-30-26-12-8-7-11-25(26)27-15-14-24-18-34-29(35-20(2)10-9-13-33(35)38-34)19-28(24)32-16-21(3)23(5)37(32)22(4)17-31(27)36-30/h6-13,16,18-19,23,27,31H,1,4,14-15,17H2,2-3,5H3/q+1. The van der Waals surface area contributed by atoms with Crippen molar-refractivity contribution in [1.82, 2.24) is 0 Å². The lowest BCUT2D eigenvalue weighted by Crippen LogP contribution is -2.32. The summed E-state index contributed by atoms with van der Waals surface area (Å²) in [6.45, 7) is 15.4. The Kier molecular flexibility index (Phi) is 5.20. The molecule has 3 atom stereocenters. The Bertz CT molecular complexity index is 1780. The number of aliphatic imine (C=N–C) groups is 1. The van der Waals surface area contributed by atoms with Crippen molar-refractivity contribution in [3.63, 3.8) is 0 Å². The van der Waals surface area contributed by atoms with Crippen LogP contribution < -0.4 is 0 Å². The lowest BCUT2D eigenvalue weighted by molar-refractivity contribution is -0.501. The summed E-state index contributed by atoms with van der Waals surface area (Å²) >= 11 is 0. The molecule has 0 aliphatic carbocycles. The molecule has 0 spiro atoms. The molecule has 4 aromatic rings. The van der Waals surface area contributed by atoms with E-state index in [1.54, 1.807) is 0 Å². The molecule has 1 aromatic heterocycles. The van der Waals surface area contributed by atoms with E-state index in [-0.39, 0.29) is 12.1 Å². The van der Waals surface area contributed by atoms with Crippen LogP contribution in [0, 0.1) is 6.92 Å². The molecule has 3 aliphatic rings. The highest BCUT2D eigenvalue weighted by Crippen LogP contribution is 2.41. The van der Waals surface area contributed by atoms with Gasteiger partial charge in [0.1, 0.15) is 11.2 Å². The highest BCUT2D eigenvalue weighted by molar-refractivity contribution is 6.14. The topological polar surface area (TPSA) is 28.5 Å². The van der Waals surface area contributed by atoms with Crippen molar-refractivity contribution in [2.75, 3.05) is 0 Å². The van der Waals surface area contributed by atoms with Gasteiger partial charge in [0.2, 0.25) is 5.71 Å². The van der Waals surface area contributed by atoms with E-state index < -0.39 is 0 Å². The van der Waals surface area contributed by atoms with E-state index in [2.05, 4.69) is 99.2 Å². The van der Waals surface area contributed by atoms with Crippen molar-refractivity contribution in [2.45, 2.75) is 58.0 Å². The number of hydrogen-bond donors (Lipinski definition) is 0. The number of nitrogens with zero attached hydrogens (tertiary/aromatic N) is 2. The quantitative estimate of drug-likeness (QED) is 0.245. The van der Waals surface area contributed by atoms with E-state index in [1.165, 1.54) is 49.9 Å². The number of furan rings is 1. The third-order valence-corrected chi connectivity index (χ3v) is 8.98. The fourth-order valence-electron chi connectivity index (χ4n) is 6.95. The molecule has 3 aromatic carbocycles. The summed E-state index contributed by atoms with van der Waals surface area (Å²) in [6, 6.07) is 20.1. The van der Waals surface area contributed by atoms with Crippen LogP contribution in [0.1, 0.15) is 60.4 Å². The van der Waals surface area contributed by atoms with E-state index in [9.17, 15) is 0 Å². The number of aryl methyl sites for hydroxylation is 2. The average molecular weight is 498 g/mol. The zero-order chi connectivity index (χ0) is 26.1. The first-order chi connectivity index (χ1) is 18.4. The van der Waals surface area contributed by atoms with E-state index in [0.29, 0.717) is 5.92 Å². The van der Waals surface area contributed by atoms with Crippen LogP contribution in [-0.2, 0) is 6.42 Å². The Morgan fingerprint density at radius 1 is 1.03 bits per heavy atom. The zero-order valence-corrected chi connectivity index (χ0v) is 22.4. The molecule has 3 heteroatoms. The van der Waals surface area contributed by atoms with Crippen LogP contribution in [0.25, 0.3) is 21.9 Å². The van der Waals surface area contributed by atoms with Gasteiger partial charge in [0.25, 0.3) is 0 Å². The highest BCUT2D eigenvalue weighted by Gasteiger charge is 2.39. The predicted molar refractivity (Wildman–Crippen MR) is 158 cm³/mol. The molecule has 188 valence electrons. The summed E-state index contributed by atoms with van der Waals surface area (Å²) in [7, 11) is 0. The summed E-state index contributed by atoms with van der Waals surface area (Å²) < 4.78 is 8.86. The molecule has 38 heavy (non-hydrogen) atoms. The first kappa shape index (κ1) is 23.2. The summed E-state index contributed by atoms with van der Waals surface area (Å²) in [5.41, 5.74) is 13.1. The molecule has 0 fully saturated rings. The Morgan fingerprint density at radius 3 is 2.71 bits per heavy atom. The second-order valence-electron chi connectivity index (χ2n) is 11.2. The Labute approximate surface area is 224 Å². The van der Waals surface area contributed by atoms with Gasteiger partial charge >= 0.3 is 0 Å². The van der Waals surface area contributed by atoms with E-state index in [4.69, 9.17) is 9.41 Å². The molecular weight excluding hydrogens is 464 g/mol. The Balaban J connectivity index is 1.47. The molecule has 0 saturated carbocycles. The number of benzene rings is 3. The van der Waals surface area contributed by atoms with Gasteiger partial charge in [-0.1, -0.05) is 43.0 Å². The molecule has 0 amide bonds. The van der Waals surface area contributed by atoms with Gasteiger partial charge in [0, 0.05) is 40.8 Å². The largest absolute Gasteiger partial charge is 0.456 e. The molecule has 0 N–H and O–H groups in total. The summed E-state index contributed by atoms with van der Waals surface area (Å²) in [5, 5.41) is 2.41. The van der Waals surface area contributed by atoms with Gasteiger partial charge in [-0.25, -0.2) is 0 Å². The predicted octanol–water partition coefficient (Wildman–Crippen LogP) is 8.04. The van der Waals surface area contributed by atoms with Gasteiger partial charge in [-0.3, -0.25) is 4.99 Å². The minimum Gasteiger partial charge on any atom is -0.456 e. The highest BCUT2D eigenvalue weighted by atomic mass is 16.3. The van der Waals surface area contributed by atoms with Crippen LogP contribution in [0.3, 0.4) is 0 Å². The fraction of sp³-hybridized carbons (Fsp3) is 0.257. The smallest absolute Gasteiger partial charge is 0.213 e. The van der Waals surface area contributed by atoms with Crippen LogP contribution in [0.15, 0.2) is 101 Å². The lowest BCUT2D eigenvalue weighted by Gasteiger charge is -2.32. The van der Waals surface area contributed by atoms with Gasteiger partial charge in [0.15, 0.2) is 11.7 Å². The number of hydrogen-bond acceptors (Lipinski definition) is 2. The van der Waals surface area contributed by atoms with Crippen LogP contribution >= 0.6 is 0 Å². The molecule has 7 rings (SSSR count). The van der Waals surface area contributed by atoms with Gasteiger partial charge in [-0.05, 0) is 74.2 Å². The lowest BCUT2D eigenvalue weighted by atomic mass is 9.78. The molecule has 3 unspecified atom stereocenters. The second-order valence-corrected chi connectivity index (χ2v) is 11.2. The first-order valence-electron chi connectivity index (χ1n) is 13.7. The maximum absolute atomic E-state index is 6.40. The second kappa shape index (κ2) is 8.52. The minimum atomic E-state index is 0.138. The molecular formula is C35H33N2O+. The molecule has 0 radical (unpaired) electrons. The first-order valence-corrected chi connectivity index (χ1v) is 13.7. The normalized spacial score (nSPS) is 22.9. The van der Waals surface area contributed by atoms with Crippen LogP contribution in [-0.4, -0.2) is 28.1 Å². The Hall–Kier alpha value is -3.98. The van der Waals surface area contributed by atoms with Crippen molar-refractivity contribution in [3.05, 3.63) is 119 Å². The maximum atomic E-state index is 6.40. The van der Waals surface area contributed by atoms with Crippen LogP contribution in [0.2, 0.25) is 0 Å². The van der Waals surface area contributed by atoms with Crippen molar-refractivity contribution >= 4 is 33.4 Å². The van der Waals surface area contributed by atoms with Gasteiger partial charge in [0.05, 0.1) is 23.7 Å². The van der Waals surface area contributed by atoms with Crippen molar-refractivity contribution < 1.29 is 8.99 Å². The van der Waals surface area contributed by atoms with E-state index in [1.807, 2.05) is 6.08 Å². The van der Waals surface area contributed by atoms with Crippen LogP contribution in [0.5, 0.6) is 0 Å². The molecule has 0 saturated heterocycles. The minimum absolute atomic E-state index is 0.138. The van der Waals surface area contributed by atoms with Crippen molar-refractivity contribution in [3.8, 4) is 0 Å². The van der Waals surface area contributed by atoms with Gasteiger partial charge in [-0.2, -0.15) is 4.58 Å². The van der Waals surface area contributed by atoms with Crippen LogP contribution in [0.4, 0.5) is 0 Å². The third-order valence-electron chi connectivity index (χ3n) is 8.98. The Morgan fingerprint density at radius 2 is 1.87 bits per heavy atom. The number of rotatable bonds is 1. The SMILES string of the molecule is C=CC1=NC2CC(=C)[N+]3=C(C=C(C)C3C)c3cc4c(cc3CCC2c2ccccc21)oc1cccc(C)c14. The summed E-state index contributed by atoms with van der Waals surface area (Å²) in [4.78, 5) is 5.26. The van der Waals surface area contributed by atoms with Crippen molar-refractivity contribution in [1.29, 1.82) is 0 Å². The molecule has 3 nitrogen and oxygen atoms in total. The number of allylic oxidation sites excluding steroid dienone is 2. The zero-order valence-electron chi connectivity index (χ0n) is 22.4. The summed E-state index contributed by atoms with van der Waals surface area (Å²) in [6.07, 6.45) is 7.08.